The van der Waals surface area contributed by atoms with Gasteiger partial charge in [-0.25, -0.2) is 0 Å². The predicted molar refractivity (Wildman–Crippen MR) is 71.2 cm³/mol. The maximum absolute atomic E-state index is 9.97. The van der Waals surface area contributed by atoms with Gasteiger partial charge in [0, 0.05) is 6.54 Å². The Morgan fingerprint density at radius 3 is 2.89 bits per heavy atom. The van der Waals surface area contributed by atoms with Gasteiger partial charge in [0.05, 0.1) is 29.6 Å². The highest BCUT2D eigenvalue weighted by atomic mass is 35.5. The zero-order chi connectivity index (χ0) is 13.0. The molecule has 18 heavy (non-hydrogen) atoms. The van der Waals surface area contributed by atoms with Gasteiger partial charge in [-0.05, 0) is 29.8 Å². The Morgan fingerprint density at radius 2 is 2.22 bits per heavy atom. The van der Waals surface area contributed by atoms with E-state index >= 15 is 0 Å². The fraction of sp³-hybridized carbons (Fsp3) is 0.231. The predicted octanol–water partition coefficient (Wildman–Crippen LogP) is 2.34. The van der Waals surface area contributed by atoms with Crippen molar-refractivity contribution in [2.24, 2.45) is 0 Å². The van der Waals surface area contributed by atoms with Crippen LogP contribution in [0.1, 0.15) is 17.4 Å². The third-order valence-electron chi connectivity index (χ3n) is 2.62. The Kier molecular flexibility index (Phi) is 4.25. The van der Waals surface area contributed by atoms with E-state index in [1.54, 1.807) is 24.5 Å². The molecule has 0 saturated carbocycles. The van der Waals surface area contributed by atoms with Gasteiger partial charge in [0.2, 0.25) is 0 Å². The van der Waals surface area contributed by atoms with Crippen molar-refractivity contribution < 1.29 is 9.52 Å². The lowest BCUT2D eigenvalue weighted by atomic mass is 10.1. The molecule has 1 unspecified atom stereocenters. The van der Waals surface area contributed by atoms with Gasteiger partial charge >= 0.3 is 0 Å². The SMILES string of the molecule is Nc1cc(C(O)CNCc2ccco2)ccc1Cl. The van der Waals surface area contributed by atoms with Crippen LogP contribution in [0.5, 0.6) is 0 Å². The molecule has 96 valence electrons. The first-order valence-electron chi connectivity index (χ1n) is 5.63. The van der Waals surface area contributed by atoms with Crippen molar-refractivity contribution in [3.05, 3.63) is 52.9 Å². The first-order valence-corrected chi connectivity index (χ1v) is 6.00. The summed E-state index contributed by atoms with van der Waals surface area (Å²) < 4.78 is 5.17. The standard InChI is InChI=1S/C13H15ClN2O2/c14-11-4-3-9(6-12(11)15)13(17)8-16-7-10-2-1-5-18-10/h1-6,13,16-17H,7-8,15H2. The van der Waals surface area contributed by atoms with Crippen molar-refractivity contribution in [2.45, 2.75) is 12.6 Å². The third-order valence-corrected chi connectivity index (χ3v) is 2.97. The summed E-state index contributed by atoms with van der Waals surface area (Å²) in [6, 6.07) is 8.83. The molecule has 2 aromatic rings. The third kappa shape index (κ3) is 3.26. The molecular formula is C13H15ClN2O2. The lowest BCUT2D eigenvalue weighted by Gasteiger charge is -2.12. The number of hydrogen-bond acceptors (Lipinski definition) is 4. The van der Waals surface area contributed by atoms with Crippen LogP contribution in [0.3, 0.4) is 0 Å². The summed E-state index contributed by atoms with van der Waals surface area (Å²) >= 11 is 5.82. The first-order chi connectivity index (χ1) is 8.66. The monoisotopic (exact) mass is 266 g/mol. The zero-order valence-corrected chi connectivity index (χ0v) is 10.5. The van der Waals surface area contributed by atoms with Crippen LogP contribution in [0.2, 0.25) is 5.02 Å². The van der Waals surface area contributed by atoms with Crippen molar-refractivity contribution in [1.82, 2.24) is 5.32 Å². The smallest absolute Gasteiger partial charge is 0.117 e. The second-order valence-electron chi connectivity index (χ2n) is 4.01. The number of rotatable bonds is 5. The summed E-state index contributed by atoms with van der Waals surface area (Å²) in [6.45, 7) is 0.995. The fourth-order valence-electron chi connectivity index (χ4n) is 1.63. The molecule has 0 amide bonds. The second kappa shape index (κ2) is 5.91. The van der Waals surface area contributed by atoms with Gasteiger partial charge in [-0.2, -0.15) is 0 Å². The number of furan rings is 1. The molecule has 0 fully saturated rings. The van der Waals surface area contributed by atoms with E-state index in [4.69, 9.17) is 21.8 Å². The first kappa shape index (κ1) is 13.0. The summed E-state index contributed by atoms with van der Waals surface area (Å²) in [5.74, 6) is 0.831. The fourth-order valence-corrected chi connectivity index (χ4v) is 1.75. The summed E-state index contributed by atoms with van der Waals surface area (Å²) in [4.78, 5) is 0. The number of benzene rings is 1. The molecule has 4 N–H and O–H groups in total. The molecular weight excluding hydrogens is 252 g/mol. The van der Waals surface area contributed by atoms with Gasteiger partial charge in [0.1, 0.15) is 5.76 Å². The van der Waals surface area contributed by atoms with Crippen LogP contribution in [0.25, 0.3) is 0 Å². The minimum absolute atomic E-state index is 0.418. The molecule has 1 heterocycles. The van der Waals surface area contributed by atoms with Crippen molar-refractivity contribution in [3.8, 4) is 0 Å². The molecule has 4 nitrogen and oxygen atoms in total. The van der Waals surface area contributed by atoms with E-state index in [2.05, 4.69) is 5.32 Å². The highest BCUT2D eigenvalue weighted by Gasteiger charge is 2.09. The van der Waals surface area contributed by atoms with Crippen LogP contribution >= 0.6 is 11.6 Å². The number of hydrogen-bond donors (Lipinski definition) is 3. The molecule has 0 bridgehead atoms. The molecule has 0 radical (unpaired) electrons. The number of nitrogens with one attached hydrogen (secondary N) is 1. The van der Waals surface area contributed by atoms with E-state index in [0.29, 0.717) is 23.8 Å². The Hall–Kier alpha value is -1.49. The quantitative estimate of drug-likeness (QED) is 0.727. The van der Waals surface area contributed by atoms with E-state index in [0.717, 1.165) is 11.3 Å². The summed E-state index contributed by atoms with van der Waals surface area (Å²) in [5, 5.41) is 13.6. The molecule has 5 heteroatoms. The van der Waals surface area contributed by atoms with Gasteiger partial charge in [-0.15, -0.1) is 0 Å². The van der Waals surface area contributed by atoms with Crippen LogP contribution in [0.4, 0.5) is 5.69 Å². The van der Waals surface area contributed by atoms with E-state index in [1.165, 1.54) is 0 Å². The van der Waals surface area contributed by atoms with Gasteiger partial charge < -0.3 is 20.6 Å². The average molecular weight is 267 g/mol. The number of halogens is 1. The normalized spacial score (nSPS) is 12.6. The van der Waals surface area contributed by atoms with Crippen LogP contribution in [0.15, 0.2) is 41.0 Å². The molecule has 1 aromatic carbocycles. The molecule has 1 aromatic heterocycles. The molecule has 0 aliphatic carbocycles. The lowest BCUT2D eigenvalue weighted by Crippen LogP contribution is -2.20. The molecule has 0 saturated heterocycles. The molecule has 0 aliphatic heterocycles. The highest BCUT2D eigenvalue weighted by molar-refractivity contribution is 6.33. The molecule has 0 spiro atoms. The van der Waals surface area contributed by atoms with Crippen LogP contribution in [-0.2, 0) is 6.54 Å². The summed E-state index contributed by atoms with van der Waals surface area (Å²) in [7, 11) is 0. The number of anilines is 1. The highest BCUT2D eigenvalue weighted by Crippen LogP contribution is 2.23. The van der Waals surface area contributed by atoms with Crippen LogP contribution in [-0.4, -0.2) is 11.7 Å². The maximum Gasteiger partial charge on any atom is 0.117 e. The van der Waals surface area contributed by atoms with Crippen LogP contribution in [0, 0.1) is 0 Å². The van der Waals surface area contributed by atoms with E-state index in [-0.39, 0.29) is 0 Å². The van der Waals surface area contributed by atoms with E-state index in [1.807, 2.05) is 12.1 Å². The zero-order valence-electron chi connectivity index (χ0n) is 9.77. The number of nitrogens with two attached hydrogens (primary N) is 1. The Morgan fingerprint density at radius 1 is 1.39 bits per heavy atom. The lowest BCUT2D eigenvalue weighted by molar-refractivity contribution is 0.173. The number of aliphatic hydroxyl groups excluding tert-OH is 1. The Labute approximate surface area is 110 Å². The van der Waals surface area contributed by atoms with Crippen molar-refractivity contribution in [2.75, 3.05) is 12.3 Å². The van der Waals surface area contributed by atoms with Crippen molar-refractivity contribution in [1.29, 1.82) is 0 Å². The summed E-state index contributed by atoms with van der Waals surface area (Å²) in [6.07, 6.45) is 0.993. The van der Waals surface area contributed by atoms with Gasteiger partial charge in [0.15, 0.2) is 0 Å². The minimum atomic E-state index is -0.625. The molecule has 0 aliphatic rings. The van der Waals surface area contributed by atoms with Gasteiger partial charge in [-0.3, -0.25) is 0 Å². The van der Waals surface area contributed by atoms with E-state index in [9.17, 15) is 5.11 Å². The Bertz CT molecular complexity index is 500. The minimum Gasteiger partial charge on any atom is -0.468 e. The number of aliphatic hydroxyl groups is 1. The maximum atomic E-state index is 9.97. The van der Waals surface area contributed by atoms with Gasteiger partial charge in [-0.1, -0.05) is 17.7 Å². The summed E-state index contributed by atoms with van der Waals surface area (Å²) in [5.41, 5.74) is 6.90. The van der Waals surface area contributed by atoms with Crippen molar-refractivity contribution in [3.63, 3.8) is 0 Å². The second-order valence-corrected chi connectivity index (χ2v) is 4.41. The van der Waals surface area contributed by atoms with E-state index < -0.39 is 6.10 Å². The molecule has 1 atom stereocenters. The molecule has 2 rings (SSSR count). The van der Waals surface area contributed by atoms with Crippen molar-refractivity contribution >= 4 is 17.3 Å². The Balaban J connectivity index is 1.87. The van der Waals surface area contributed by atoms with Gasteiger partial charge in [0.25, 0.3) is 0 Å². The largest absolute Gasteiger partial charge is 0.468 e. The van der Waals surface area contributed by atoms with Crippen LogP contribution < -0.4 is 11.1 Å². The average Bonchev–Trinajstić information content (AvgIpc) is 2.85. The number of nitrogen functional groups attached to an aromatic ring is 1. The topological polar surface area (TPSA) is 71.4 Å².